The predicted molar refractivity (Wildman–Crippen MR) is 58.1 cm³/mol. The van der Waals surface area contributed by atoms with Gasteiger partial charge in [0, 0.05) is 5.70 Å². The molecule has 0 spiro atoms. The third-order valence-electron chi connectivity index (χ3n) is 1.99. The van der Waals surface area contributed by atoms with Crippen LogP contribution in [0.4, 0.5) is 0 Å². The fourth-order valence-electron chi connectivity index (χ4n) is 1.22. The van der Waals surface area contributed by atoms with Gasteiger partial charge in [-0.3, -0.25) is 0 Å². The quantitative estimate of drug-likeness (QED) is 0.441. The molecule has 0 radical (unpaired) electrons. The minimum atomic E-state index is -0.439. The van der Waals surface area contributed by atoms with Gasteiger partial charge >= 0.3 is 5.97 Å². The van der Waals surface area contributed by atoms with Gasteiger partial charge < -0.3 is 19.9 Å². The summed E-state index contributed by atoms with van der Waals surface area (Å²) in [6, 6.07) is 0. The highest BCUT2D eigenvalue weighted by molar-refractivity contribution is 5.92. The van der Waals surface area contributed by atoms with E-state index in [0.29, 0.717) is 17.9 Å². The van der Waals surface area contributed by atoms with Gasteiger partial charge in [0.25, 0.3) is 0 Å². The van der Waals surface area contributed by atoms with Crippen LogP contribution in [0, 0.1) is 0 Å². The van der Waals surface area contributed by atoms with Gasteiger partial charge in [-0.2, -0.15) is 0 Å². The van der Waals surface area contributed by atoms with Crippen LogP contribution in [-0.4, -0.2) is 25.2 Å². The van der Waals surface area contributed by atoms with E-state index in [1.807, 2.05) is 0 Å². The highest BCUT2D eigenvalue weighted by Gasteiger charge is 2.24. The van der Waals surface area contributed by atoms with E-state index in [4.69, 9.17) is 19.9 Å². The largest absolute Gasteiger partial charge is 0.462 e. The summed E-state index contributed by atoms with van der Waals surface area (Å²) in [5.41, 5.74) is 6.32. The molecule has 1 rings (SSSR count). The Hall–Kier alpha value is -1.33. The van der Waals surface area contributed by atoms with E-state index in [9.17, 15) is 4.79 Å². The summed E-state index contributed by atoms with van der Waals surface area (Å²) in [4.78, 5) is 11.5. The van der Waals surface area contributed by atoms with Gasteiger partial charge in [-0.15, -0.1) is 0 Å². The van der Waals surface area contributed by atoms with Crippen LogP contribution in [0.15, 0.2) is 23.4 Å². The molecule has 5 heteroatoms. The Morgan fingerprint density at radius 2 is 2.12 bits per heavy atom. The van der Waals surface area contributed by atoms with Crippen LogP contribution < -0.4 is 5.73 Å². The molecule has 0 aromatic heterocycles. The van der Waals surface area contributed by atoms with Crippen LogP contribution in [0.2, 0.25) is 0 Å². The van der Waals surface area contributed by atoms with Crippen LogP contribution in [-0.2, 0) is 19.0 Å². The molecule has 0 aromatic rings. The molecule has 5 nitrogen and oxygen atoms in total. The Kier molecular flexibility index (Phi) is 4.52. The van der Waals surface area contributed by atoms with Gasteiger partial charge in [0.2, 0.25) is 0 Å². The number of carbonyl (C=O) groups excluding carboxylic acids is 1. The Morgan fingerprint density at radius 1 is 1.50 bits per heavy atom. The van der Waals surface area contributed by atoms with E-state index in [2.05, 4.69) is 0 Å². The maximum absolute atomic E-state index is 11.5. The monoisotopic (exact) mass is 227 g/mol. The highest BCUT2D eigenvalue weighted by atomic mass is 16.9. The lowest BCUT2D eigenvalue weighted by Gasteiger charge is -2.31. The first kappa shape index (κ1) is 12.7. The zero-order valence-corrected chi connectivity index (χ0v) is 9.73. The number of esters is 1. The fourth-order valence-corrected chi connectivity index (χ4v) is 1.22. The topological polar surface area (TPSA) is 70.8 Å². The molecule has 0 unspecified atom stereocenters. The van der Waals surface area contributed by atoms with Gasteiger partial charge in [-0.1, -0.05) is 0 Å². The molecule has 0 aromatic carbocycles. The lowest BCUT2D eigenvalue weighted by molar-refractivity contribution is -0.354. The molecular weight excluding hydrogens is 210 g/mol. The predicted octanol–water partition coefficient (Wildman–Crippen LogP) is 1.06. The van der Waals surface area contributed by atoms with Crippen molar-refractivity contribution in [2.24, 2.45) is 5.73 Å². The third kappa shape index (κ3) is 3.36. The molecule has 0 bridgehead atoms. The summed E-state index contributed by atoms with van der Waals surface area (Å²) in [5, 5.41) is 0. The van der Waals surface area contributed by atoms with Crippen molar-refractivity contribution < 1.29 is 19.0 Å². The molecule has 2 N–H and O–H groups in total. The van der Waals surface area contributed by atoms with Crippen LogP contribution in [0.25, 0.3) is 0 Å². The molecule has 1 aliphatic heterocycles. The number of rotatable bonds is 4. The van der Waals surface area contributed by atoms with Gasteiger partial charge in [-0.25, -0.2) is 4.79 Å². The minimum Gasteiger partial charge on any atom is -0.462 e. The van der Waals surface area contributed by atoms with E-state index in [1.54, 1.807) is 32.9 Å². The van der Waals surface area contributed by atoms with E-state index in [1.165, 1.54) is 0 Å². The van der Waals surface area contributed by atoms with Crippen molar-refractivity contribution in [1.29, 1.82) is 0 Å². The summed E-state index contributed by atoms with van der Waals surface area (Å²) in [6.45, 7) is 5.49. The van der Waals surface area contributed by atoms with Crippen molar-refractivity contribution in [2.45, 2.75) is 33.4 Å². The summed E-state index contributed by atoms with van der Waals surface area (Å²) < 4.78 is 15.2. The zero-order chi connectivity index (χ0) is 12.1. The average Bonchev–Trinajstić information content (AvgIpc) is 2.14. The number of carbonyl (C=O) groups is 1. The standard InChI is InChI=1S/C11H17NO4/c1-4-14-11(13)9(7(2)12)5-6-10-15-8(3)16-10/h5-6,8,10H,4,12H2,1-3H3/b6-5+,9-7-. The van der Waals surface area contributed by atoms with Crippen LogP contribution in [0.1, 0.15) is 20.8 Å². The Labute approximate surface area is 94.8 Å². The SMILES string of the molecule is CCOC(=O)C(/C=C/C1OC(C)O1)=C(/C)N. The van der Waals surface area contributed by atoms with Crippen molar-refractivity contribution in [1.82, 2.24) is 0 Å². The van der Waals surface area contributed by atoms with Crippen molar-refractivity contribution in [2.75, 3.05) is 6.61 Å². The van der Waals surface area contributed by atoms with Crippen LogP contribution in [0.5, 0.6) is 0 Å². The lowest BCUT2D eigenvalue weighted by Crippen LogP contribution is -2.37. The molecule has 16 heavy (non-hydrogen) atoms. The number of hydrogen-bond acceptors (Lipinski definition) is 5. The summed E-state index contributed by atoms with van der Waals surface area (Å²) in [7, 11) is 0. The number of ether oxygens (including phenoxy) is 3. The zero-order valence-electron chi connectivity index (χ0n) is 9.73. The lowest BCUT2D eigenvalue weighted by atomic mass is 10.2. The Balaban J connectivity index is 2.59. The summed E-state index contributed by atoms with van der Waals surface area (Å²) in [6.07, 6.45) is 2.59. The average molecular weight is 227 g/mol. The first-order valence-corrected chi connectivity index (χ1v) is 5.17. The van der Waals surface area contributed by atoms with Crippen LogP contribution >= 0.6 is 0 Å². The van der Waals surface area contributed by atoms with Gasteiger partial charge in [0.15, 0.2) is 12.6 Å². The van der Waals surface area contributed by atoms with E-state index >= 15 is 0 Å². The summed E-state index contributed by atoms with van der Waals surface area (Å²) in [5.74, 6) is -0.439. The Bertz CT molecular complexity index is 312. The molecular formula is C11H17NO4. The second-order valence-corrected chi connectivity index (χ2v) is 3.38. The Morgan fingerprint density at radius 3 is 2.56 bits per heavy atom. The third-order valence-corrected chi connectivity index (χ3v) is 1.99. The molecule has 90 valence electrons. The maximum atomic E-state index is 11.5. The minimum absolute atomic E-state index is 0.191. The molecule has 0 aliphatic carbocycles. The van der Waals surface area contributed by atoms with Crippen molar-refractivity contribution in [3.8, 4) is 0 Å². The van der Waals surface area contributed by atoms with E-state index in [-0.39, 0.29) is 6.29 Å². The van der Waals surface area contributed by atoms with Gasteiger partial charge in [-0.05, 0) is 32.9 Å². The second kappa shape index (κ2) is 5.67. The summed E-state index contributed by atoms with van der Waals surface area (Å²) >= 11 is 0. The maximum Gasteiger partial charge on any atom is 0.339 e. The number of allylic oxidation sites excluding steroid dienone is 1. The molecule has 1 fully saturated rings. The highest BCUT2D eigenvalue weighted by Crippen LogP contribution is 2.17. The molecule has 0 saturated carbocycles. The first-order chi connectivity index (χ1) is 7.54. The normalized spacial score (nSPS) is 26.2. The molecule has 1 aliphatic rings. The fraction of sp³-hybridized carbons (Fsp3) is 0.545. The van der Waals surface area contributed by atoms with Gasteiger partial charge in [0.05, 0.1) is 12.2 Å². The van der Waals surface area contributed by atoms with Crippen molar-refractivity contribution in [3.63, 3.8) is 0 Å². The molecule has 1 heterocycles. The van der Waals surface area contributed by atoms with Crippen molar-refractivity contribution in [3.05, 3.63) is 23.4 Å². The van der Waals surface area contributed by atoms with Crippen molar-refractivity contribution >= 4 is 5.97 Å². The van der Waals surface area contributed by atoms with E-state index in [0.717, 1.165) is 0 Å². The first-order valence-electron chi connectivity index (χ1n) is 5.17. The molecule has 0 atom stereocenters. The molecule has 0 amide bonds. The molecule has 1 saturated heterocycles. The van der Waals surface area contributed by atoms with Crippen LogP contribution in [0.3, 0.4) is 0 Å². The van der Waals surface area contributed by atoms with Gasteiger partial charge in [0.1, 0.15) is 0 Å². The van der Waals surface area contributed by atoms with E-state index < -0.39 is 12.3 Å². The number of hydrogen-bond donors (Lipinski definition) is 1. The smallest absolute Gasteiger partial charge is 0.339 e. The number of nitrogens with two attached hydrogens (primary N) is 1. The second-order valence-electron chi connectivity index (χ2n) is 3.38.